The van der Waals surface area contributed by atoms with Crippen molar-refractivity contribution in [2.45, 2.75) is 26.3 Å². The molecule has 19 heavy (non-hydrogen) atoms. The third kappa shape index (κ3) is 3.55. The minimum absolute atomic E-state index is 0.0344. The minimum atomic E-state index is 0.0344. The highest BCUT2D eigenvalue weighted by molar-refractivity contribution is 9.10. The number of nitrogens with one attached hydrogen (secondary N) is 1. The summed E-state index contributed by atoms with van der Waals surface area (Å²) >= 11 is 9.54. The van der Waals surface area contributed by atoms with Gasteiger partial charge in [0.1, 0.15) is 0 Å². The summed E-state index contributed by atoms with van der Waals surface area (Å²) in [7, 11) is 0. The van der Waals surface area contributed by atoms with Crippen LogP contribution in [-0.2, 0) is 0 Å². The van der Waals surface area contributed by atoms with Crippen molar-refractivity contribution in [3.8, 4) is 11.5 Å². The molecule has 102 valence electrons. The van der Waals surface area contributed by atoms with E-state index in [1.807, 2.05) is 19.1 Å². The maximum atomic E-state index is 6.14. The van der Waals surface area contributed by atoms with Crippen molar-refractivity contribution in [3.63, 3.8) is 0 Å². The summed E-state index contributed by atoms with van der Waals surface area (Å²) in [6, 6.07) is 5.56. The van der Waals surface area contributed by atoms with Gasteiger partial charge in [0.05, 0.1) is 16.6 Å². The molecule has 0 amide bonds. The van der Waals surface area contributed by atoms with E-state index >= 15 is 0 Å². The Morgan fingerprint density at radius 3 is 2.95 bits per heavy atom. The van der Waals surface area contributed by atoms with Gasteiger partial charge in [-0.1, -0.05) is 34.5 Å². The van der Waals surface area contributed by atoms with Gasteiger partial charge in [-0.15, -0.1) is 10.2 Å². The average Bonchev–Trinajstić information content (AvgIpc) is 2.88. The number of benzene rings is 1. The van der Waals surface area contributed by atoms with Crippen molar-refractivity contribution >= 4 is 27.5 Å². The van der Waals surface area contributed by atoms with Gasteiger partial charge in [0, 0.05) is 4.47 Å². The zero-order valence-corrected chi connectivity index (χ0v) is 13.1. The molecule has 1 heterocycles. The summed E-state index contributed by atoms with van der Waals surface area (Å²) in [5.74, 6) is 1.01. The van der Waals surface area contributed by atoms with Crippen LogP contribution in [0.15, 0.2) is 27.1 Å². The van der Waals surface area contributed by atoms with Crippen molar-refractivity contribution in [3.05, 3.63) is 33.6 Å². The first-order chi connectivity index (χ1) is 9.11. The van der Waals surface area contributed by atoms with E-state index in [9.17, 15) is 0 Å². The van der Waals surface area contributed by atoms with Crippen LogP contribution in [0, 0.1) is 0 Å². The van der Waals surface area contributed by atoms with E-state index < -0.39 is 0 Å². The molecular formula is C13H15BrClN3O. The summed E-state index contributed by atoms with van der Waals surface area (Å²) in [5.41, 5.74) is 0.734. The van der Waals surface area contributed by atoms with E-state index in [2.05, 4.69) is 38.4 Å². The van der Waals surface area contributed by atoms with Crippen LogP contribution < -0.4 is 5.32 Å². The van der Waals surface area contributed by atoms with Gasteiger partial charge in [0.25, 0.3) is 0 Å². The van der Waals surface area contributed by atoms with Crippen LogP contribution in [0.3, 0.4) is 0 Å². The second-order valence-electron chi connectivity index (χ2n) is 4.25. The smallest absolute Gasteiger partial charge is 0.249 e. The zero-order chi connectivity index (χ0) is 13.8. The maximum absolute atomic E-state index is 6.14. The average molecular weight is 345 g/mol. The Hall–Kier alpha value is -0.910. The van der Waals surface area contributed by atoms with Crippen molar-refractivity contribution in [2.75, 3.05) is 6.54 Å². The summed E-state index contributed by atoms with van der Waals surface area (Å²) in [6.45, 7) is 5.02. The highest BCUT2D eigenvalue weighted by Crippen LogP contribution is 2.30. The number of rotatable bonds is 5. The van der Waals surface area contributed by atoms with E-state index in [1.165, 1.54) is 0 Å². The second-order valence-corrected chi connectivity index (χ2v) is 5.57. The molecule has 0 aliphatic carbocycles. The normalized spacial score (nSPS) is 12.6. The molecule has 0 radical (unpaired) electrons. The van der Waals surface area contributed by atoms with Crippen molar-refractivity contribution in [1.29, 1.82) is 0 Å². The summed E-state index contributed by atoms with van der Waals surface area (Å²) in [6.07, 6.45) is 1.06. The molecule has 1 aromatic carbocycles. The van der Waals surface area contributed by atoms with Crippen LogP contribution in [-0.4, -0.2) is 16.7 Å². The lowest BCUT2D eigenvalue weighted by Gasteiger charge is -2.07. The fraction of sp³-hybridized carbons (Fsp3) is 0.385. The molecule has 2 rings (SSSR count). The first-order valence-corrected chi connectivity index (χ1v) is 7.31. The van der Waals surface area contributed by atoms with Gasteiger partial charge >= 0.3 is 0 Å². The lowest BCUT2D eigenvalue weighted by atomic mass is 10.2. The molecule has 0 aliphatic heterocycles. The summed E-state index contributed by atoms with van der Waals surface area (Å²) < 4.78 is 6.59. The zero-order valence-electron chi connectivity index (χ0n) is 10.8. The predicted octanol–water partition coefficient (Wildman–Crippen LogP) is 4.21. The van der Waals surface area contributed by atoms with Crippen LogP contribution in [0.1, 0.15) is 32.2 Å². The molecule has 0 aliphatic rings. The quantitative estimate of drug-likeness (QED) is 0.882. The van der Waals surface area contributed by atoms with Crippen molar-refractivity contribution in [2.24, 2.45) is 0 Å². The lowest BCUT2D eigenvalue weighted by molar-refractivity contribution is 0.423. The summed E-state index contributed by atoms with van der Waals surface area (Å²) in [4.78, 5) is 0. The predicted molar refractivity (Wildman–Crippen MR) is 79.2 cm³/mol. The molecule has 1 N–H and O–H groups in total. The van der Waals surface area contributed by atoms with E-state index in [1.54, 1.807) is 6.07 Å². The Morgan fingerprint density at radius 2 is 2.21 bits per heavy atom. The molecule has 0 fully saturated rings. The van der Waals surface area contributed by atoms with Gasteiger partial charge in [0.15, 0.2) is 0 Å². The Morgan fingerprint density at radius 1 is 1.42 bits per heavy atom. The third-order valence-corrected chi connectivity index (χ3v) is 3.49. The number of aromatic nitrogens is 2. The van der Waals surface area contributed by atoms with Gasteiger partial charge in [-0.2, -0.15) is 0 Å². The minimum Gasteiger partial charge on any atom is -0.419 e. The van der Waals surface area contributed by atoms with Crippen molar-refractivity contribution < 1.29 is 4.42 Å². The SMILES string of the molecule is CCCNC(C)c1nnc(-c2cc(Br)ccc2Cl)o1. The monoisotopic (exact) mass is 343 g/mol. The van der Waals surface area contributed by atoms with E-state index in [4.69, 9.17) is 16.0 Å². The fourth-order valence-corrected chi connectivity index (χ4v) is 2.19. The van der Waals surface area contributed by atoms with Crippen LogP contribution in [0.2, 0.25) is 5.02 Å². The number of hydrogen-bond donors (Lipinski definition) is 1. The van der Waals surface area contributed by atoms with Gasteiger partial charge in [-0.05, 0) is 38.1 Å². The molecule has 0 bridgehead atoms. The Kier molecular flexibility index (Phi) is 4.96. The lowest BCUT2D eigenvalue weighted by Crippen LogP contribution is -2.19. The van der Waals surface area contributed by atoms with Crippen molar-refractivity contribution in [1.82, 2.24) is 15.5 Å². The molecule has 6 heteroatoms. The van der Waals surface area contributed by atoms with Crippen LogP contribution in [0.5, 0.6) is 0 Å². The van der Waals surface area contributed by atoms with E-state index in [-0.39, 0.29) is 6.04 Å². The third-order valence-electron chi connectivity index (χ3n) is 2.67. The molecule has 0 saturated heterocycles. The molecule has 1 unspecified atom stereocenters. The van der Waals surface area contributed by atoms with Crippen LogP contribution in [0.25, 0.3) is 11.5 Å². The van der Waals surface area contributed by atoms with Crippen LogP contribution in [0.4, 0.5) is 0 Å². The Labute approximate surface area is 125 Å². The number of nitrogens with zero attached hydrogens (tertiary/aromatic N) is 2. The van der Waals surface area contributed by atoms with Gasteiger partial charge < -0.3 is 9.73 Å². The van der Waals surface area contributed by atoms with E-state index in [0.717, 1.165) is 23.0 Å². The molecular weight excluding hydrogens is 330 g/mol. The molecule has 2 aromatic rings. The number of hydrogen-bond acceptors (Lipinski definition) is 4. The molecule has 0 saturated carbocycles. The topological polar surface area (TPSA) is 51.0 Å². The fourth-order valence-electron chi connectivity index (χ4n) is 1.63. The highest BCUT2D eigenvalue weighted by Gasteiger charge is 2.16. The molecule has 1 atom stereocenters. The first-order valence-electron chi connectivity index (χ1n) is 6.14. The highest BCUT2D eigenvalue weighted by atomic mass is 79.9. The second kappa shape index (κ2) is 6.50. The molecule has 1 aromatic heterocycles. The maximum Gasteiger partial charge on any atom is 0.249 e. The molecule has 0 spiro atoms. The molecule has 4 nitrogen and oxygen atoms in total. The van der Waals surface area contributed by atoms with Gasteiger partial charge in [-0.3, -0.25) is 0 Å². The van der Waals surface area contributed by atoms with Gasteiger partial charge in [-0.25, -0.2) is 0 Å². The Balaban J connectivity index is 2.23. The summed E-state index contributed by atoms with van der Waals surface area (Å²) in [5, 5.41) is 12.0. The standard InChI is InChI=1S/C13H15BrClN3O/c1-3-6-16-8(2)12-17-18-13(19-12)10-7-9(14)4-5-11(10)15/h4-5,7-8,16H,3,6H2,1-2H3. The Bertz CT molecular complexity index is 559. The van der Waals surface area contributed by atoms with E-state index in [0.29, 0.717) is 16.8 Å². The number of halogens is 2. The van der Waals surface area contributed by atoms with Gasteiger partial charge in [0.2, 0.25) is 11.8 Å². The first kappa shape index (κ1) is 14.5. The van der Waals surface area contributed by atoms with Crippen LogP contribution >= 0.6 is 27.5 Å². The largest absolute Gasteiger partial charge is 0.419 e.